The van der Waals surface area contributed by atoms with Crippen LogP contribution in [0.25, 0.3) is 11.0 Å². The van der Waals surface area contributed by atoms with Gasteiger partial charge in [-0.1, -0.05) is 28.9 Å². The Labute approximate surface area is 148 Å². The van der Waals surface area contributed by atoms with Gasteiger partial charge in [-0.15, -0.1) is 0 Å². The van der Waals surface area contributed by atoms with Crippen LogP contribution in [0.4, 0.5) is 0 Å². The van der Waals surface area contributed by atoms with Crippen LogP contribution in [0.15, 0.2) is 47.0 Å². The summed E-state index contributed by atoms with van der Waals surface area (Å²) < 4.78 is 15.2. The monoisotopic (exact) mass is 359 g/mol. The lowest BCUT2D eigenvalue weighted by Gasteiger charge is -2.06. The van der Waals surface area contributed by atoms with Gasteiger partial charge in [-0.2, -0.15) is 0 Å². The first kappa shape index (κ1) is 17.0. The Bertz CT molecular complexity index is 934. The molecule has 3 rings (SSSR count). The number of ketones is 1. The van der Waals surface area contributed by atoms with Crippen LogP contribution in [0.3, 0.4) is 0 Å². The van der Waals surface area contributed by atoms with Crippen molar-refractivity contribution >= 4 is 34.3 Å². The van der Waals surface area contributed by atoms with Crippen molar-refractivity contribution in [1.29, 1.82) is 0 Å². The number of aromatic nitrogens is 1. The number of hydrogen-bond donors (Lipinski definition) is 0. The second kappa shape index (κ2) is 7.36. The molecule has 0 amide bonds. The van der Waals surface area contributed by atoms with Gasteiger partial charge in [0, 0.05) is 10.9 Å². The van der Waals surface area contributed by atoms with Crippen LogP contribution in [-0.2, 0) is 16.0 Å². The van der Waals surface area contributed by atoms with Crippen molar-refractivity contribution in [3.63, 3.8) is 0 Å². The highest BCUT2D eigenvalue weighted by Gasteiger charge is 2.15. The number of esters is 1. The van der Waals surface area contributed by atoms with Crippen LogP contribution in [0.5, 0.6) is 5.75 Å². The average Bonchev–Trinajstić information content (AvgIpc) is 3.02. The Hall–Kier alpha value is -2.86. The summed E-state index contributed by atoms with van der Waals surface area (Å²) in [4.78, 5) is 24.1. The summed E-state index contributed by atoms with van der Waals surface area (Å²) in [5.41, 5.74) is 1.40. The Balaban J connectivity index is 1.60. The van der Waals surface area contributed by atoms with Gasteiger partial charge in [0.2, 0.25) is 0 Å². The number of Topliss-reactive ketones (excluding diaryl/α,β-unsaturated/α-hetero) is 1. The number of nitrogens with zero attached hydrogens (tertiary/aromatic N) is 1. The van der Waals surface area contributed by atoms with Crippen molar-refractivity contribution < 1.29 is 23.6 Å². The number of methoxy groups -OCH3 is 1. The van der Waals surface area contributed by atoms with Gasteiger partial charge >= 0.3 is 5.97 Å². The molecule has 0 radical (unpaired) electrons. The molecule has 1 heterocycles. The lowest BCUT2D eigenvalue weighted by molar-refractivity contribution is -0.141. The van der Waals surface area contributed by atoms with Crippen LogP contribution in [0.1, 0.15) is 16.1 Å². The molecule has 0 aliphatic heterocycles. The average molecular weight is 360 g/mol. The Morgan fingerprint density at radius 1 is 1.20 bits per heavy atom. The zero-order valence-corrected chi connectivity index (χ0v) is 14.1. The molecule has 0 aliphatic carbocycles. The molecule has 7 heteroatoms. The van der Waals surface area contributed by atoms with Crippen LogP contribution in [-0.4, -0.2) is 30.6 Å². The Morgan fingerprint density at radius 2 is 2.00 bits per heavy atom. The van der Waals surface area contributed by atoms with Crippen molar-refractivity contribution in [2.24, 2.45) is 0 Å². The summed E-state index contributed by atoms with van der Waals surface area (Å²) in [5.74, 6) is -0.456. The second-order valence-corrected chi connectivity index (χ2v) is 5.64. The van der Waals surface area contributed by atoms with E-state index in [4.69, 9.17) is 25.6 Å². The second-order valence-electron chi connectivity index (χ2n) is 5.24. The standard InChI is InChI=1S/C18H14ClNO5/c1-23-17-7-6-11(8-13(17)19)15(21)10-24-18(22)9-14-12-4-2-3-5-16(12)25-20-14/h2-8H,9-10H2,1H3. The molecule has 128 valence electrons. The number of ether oxygens (including phenoxy) is 2. The first-order valence-electron chi connectivity index (χ1n) is 7.44. The zero-order valence-electron chi connectivity index (χ0n) is 13.3. The van der Waals surface area contributed by atoms with Crippen molar-refractivity contribution in [3.05, 3.63) is 58.7 Å². The number of rotatable bonds is 6. The van der Waals surface area contributed by atoms with E-state index in [2.05, 4.69) is 5.16 Å². The predicted molar refractivity (Wildman–Crippen MR) is 91.0 cm³/mol. The van der Waals surface area contributed by atoms with Gasteiger partial charge in [0.05, 0.1) is 18.6 Å². The number of hydrogen-bond acceptors (Lipinski definition) is 6. The van der Waals surface area contributed by atoms with E-state index in [0.717, 1.165) is 5.39 Å². The molecule has 0 spiro atoms. The molecule has 2 aromatic carbocycles. The number of para-hydroxylation sites is 1. The fraction of sp³-hybridized carbons (Fsp3) is 0.167. The van der Waals surface area contributed by atoms with Crippen molar-refractivity contribution in [2.75, 3.05) is 13.7 Å². The van der Waals surface area contributed by atoms with Crippen LogP contribution in [0.2, 0.25) is 5.02 Å². The normalized spacial score (nSPS) is 10.6. The SMILES string of the molecule is COc1ccc(C(=O)COC(=O)Cc2noc3ccccc23)cc1Cl. The van der Waals surface area contributed by atoms with E-state index in [1.54, 1.807) is 24.3 Å². The highest BCUT2D eigenvalue weighted by molar-refractivity contribution is 6.32. The van der Waals surface area contributed by atoms with Gasteiger partial charge in [-0.25, -0.2) is 0 Å². The quantitative estimate of drug-likeness (QED) is 0.495. The van der Waals surface area contributed by atoms with Gasteiger partial charge in [0.15, 0.2) is 18.0 Å². The maximum atomic E-state index is 12.1. The van der Waals surface area contributed by atoms with Crippen molar-refractivity contribution in [3.8, 4) is 5.75 Å². The molecule has 1 aromatic heterocycles. The zero-order chi connectivity index (χ0) is 17.8. The fourth-order valence-electron chi connectivity index (χ4n) is 2.32. The van der Waals surface area contributed by atoms with Gasteiger partial charge in [0.25, 0.3) is 0 Å². The van der Waals surface area contributed by atoms with Crippen molar-refractivity contribution in [1.82, 2.24) is 5.16 Å². The summed E-state index contributed by atoms with van der Waals surface area (Å²) >= 11 is 5.98. The van der Waals surface area contributed by atoms with Crippen LogP contribution in [0, 0.1) is 0 Å². The number of benzene rings is 2. The number of carbonyl (C=O) groups is 2. The number of fused-ring (bicyclic) bond motifs is 1. The predicted octanol–water partition coefficient (Wildman–Crippen LogP) is 3.46. The fourth-order valence-corrected chi connectivity index (χ4v) is 2.58. The smallest absolute Gasteiger partial charge is 0.312 e. The lowest BCUT2D eigenvalue weighted by Crippen LogP contribution is -2.16. The van der Waals surface area contributed by atoms with E-state index < -0.39 is 5.97 Å². The van der Waals surface area contributed by atoms with E-state index in [1.165, 1.54) is 13.2 Å². The number of halogens is 1. The molecule has 0 atom stereocenters. The first-order valence-corrected chi connectivity index (χ1v) is 7.82. The van der Waals surface area contributed by atoms with E-state index in [1.807, 2.05) is 12.1 Å². The molecule has 0 saturated carbocycles. The molecule has 0 saturated heterocycles. The minimum absolute atomic E-state index is 0.0757. The lowest BCUT2D eigenvalue weighted by atomic mass is 10.1. The highest BCUT2D eigenvalue weighted by Crippen LogP contribution is 2.25. The minimum Gasteiger partial charge on any atom is -0.495 e. The summed E-state index contributed by atoms with van der Waals surface area (Å²) in [6.07, 6.45) is -0.0757. The molecular formula is C18H14ClNO5. The Kier molecular flexibility index (Phi) is 5.00. The molecule has 6 nitrogen and oxygen atoms in total. The molecule has 0 N–H and O–H groups in total. The Morgan fingerprint density at radius 3 is 2.76 bits per heavy atom. The van der Waals surface area contributed by atoms with Gasteiger partial charge in [-0.3, -0.25) is 9.59 Å². The van der Waals surface area contributed by atoms with Crippen molar-refractivity contribution in [2.45, 2.75) is 6.42 Å². The molecular weight excluding hydrogens is 346 g/mol. The molecule has 0 aliphatic rings. The third-order valence-corrected chi connectivity index (χ3v) is 3.90. The summed E-state index contributed by atoms with van der Waals surface area (Å²) in [6, 6.07) is 11.8. The number of carbonyl (C=O) groups excluding carboxylic acids is 2. The molecule has 0 fully saturated rings. The third-order valence-electron chi connectivity index (χ3n) is 3.60. The molecule has 0 unspecified atom stereocenters. The minimum atomic E-state index is -0.563. The molecule has 3 aromatic rings. The van der Waals surface area contributed by atoms with Gasteiger partial charge in [0.1, 0.15) is 11.4 Å². The summed E-state index contributed by atoms with van der Waals surface area (Å²) in [6.45, 7) is -0.378. The third kappa shape index (κ3) is 3.80. The topological polar surface area (TPSA) is 78.6 Å². The molecule has 25 heavy (non-hydrogen) atoms. The van der Waals surface area contributed by atoms with E-state index in [-0.39, 0.29) is 18.8 Å². The molecule has 0 bridgehead atoms. The van der Waals surface area contributed by atoms with Gasteiger partial charge in [-0.05, 0) is 30.3 Å². The van der Waals surface area contributed by atoms with Gasteiger partial charge < -0.3 is 14.0 Å². The van der Waals surface area contributed by atoms with E-state index >= 15 is 0 Å². The largest absolute Gasteiger partial charge is 0.495 e. The first-order chi connectivity index (χ1) is 12.1. The highest BCUT2D eigenvalue weighted by atomic mass is 35.5. The summed E-state index contributed by atoms with van der Waals surface area (Å²) in [5, 5.41) is 4.92. The van der Waals surface area contributed by atoms with E-state index in [9.17, 15) is 9.59 Å². The van der Waals surface area contributed by atoms with Crippen LogP contribution >= 0.6 is 11.6 Å². The van der Waals surface area contributed by atoms with E-state index in [0.29, 0.717) is 27.6 Å². The maximum Gasteiger partial charge on any atom is 0.312 e. The van der Waals surface area contributed by atoms with Crippen LogP contribution < -0.4 is 4.74 Å². The summed E-state index contributed by atoms with van der Waals surface area (Å²) in [7, 11) is 1.48. The maximum absolute atomic E-state index is 12.1.